The topological polar surface area (TPSA) is 84.9 Å². The van der Waals surface area contributed by atoms with E-state index in [-0.39, 0.29) is 11.4 Å². The summed E-state index contributed by atoms with van der Waals surface area (Å²) in [4.78, 5) is 39.8. The Hall–Kier alpha value is -4.30. The number of carbonyl (C=O) groups is 3. The minimum Gasteiger partial charge on any atom is -0.486 e. The van der Waals surface area contributed by atoms with E-state index in [9.17, 15) is 14.4 Å². The van der Waals surface area contributed by atoms with Crippen molar-refractivity contribution in [3.63, 3.8) is 0 Å². The summed E-state index contributed by atoms with van der Waals surface area (Å²) in [5.74, 6) is 0.178. The summed E-state index contributed by atoms with van der Waals surface area (Å²) in [6.07, 6.45) is 1.76. The van der Waals surface area contributed by atoms with Gasteiger partial charge in [-0.2, -0.15) is 0 Å². The molecule has 0 radical (unpaired) electrons. The average Bonchev–Trinajstić information content (AvgIpc) is 3.15. The number of fused-ring (bicyclic) bond motifs is 3. The Balaban J connectivity index is 1.26. The highest BCUT2D eigenvalue weighted by molar-refractivity contribution is 8.18. The molecule has 0 spiro atoms. The van der Waals surface area contributed by atoms with Crippen LogP contribution < -0.4 is 14.8 Å². The summed E-state index contributed by atoms with van der Waals surface area (Å²) >= 11 is 0.843. The molecule has 0 unspecified atom stereocenters. The van der Waals surface area contributed by atoms with E-state index in [0.29, 0.717) is 30.4 Å². The summed E-state index contributed by atoms with van der Waals surface area (Å²) in [6.45, 7) is 0.520. The highest BCUT2D eigenvalue weighted by Crippen LogP contribution is 2.37. The maximum absolute atomic E-state index is 13.2. The van der Waals surface area contributed by atoms with Crippen molar-refractivity contribution in [3.05, 3.63) is 83.3 Å². The average molecular weight is 497 g/mol. The highest BCUT2D eigenvalue weighted by Gasteiger charge is 2.36. The second-order valence-electron chi connectivity index (χ2n) is 8.41. The quantitative estimate of drug-likeness (QED) is 0.299. The third-order valence-electron chi connectivity index (χ3n) is 6.09. The monoisotopic (exact) mass is 496 g/mol. The number of hydrogen-bond acceptors (Lipinski definition) is 6. The smallest absolute Gasteiger partial charge is 0.294 e. The zero-order valence-corrected chi connectivity index (χ0v) is 19.8. The lowest BCUT2D eigenvalue weighted by Gasteiger charge is -2.19. The first kappa shape index (κ1) is 22.2. The predicted octanol–water partition coefficient (Wildman–Crippen LogP) is 5.44. The van der Waals surface area contributed by atoms with Crippen molar-refractivity contribution in [1.82, 2.24) is 4.90 Å². The number of nitrogens with zero attached hydrogens (tertiary/aromatic N) is 1. The third kappa shape index (κ3) is 4.05. The van der Waals surface area contributed by atoms with Crippen LogP contribution >= 0.6 is 11.8 Å². The van der Waals surface area contributed by atoms with Gasteiger partial charge in [0, 0.05) is 11.8 Å². The molecule has 178 valence electrons. The van der Waals surface area contributed by atoms with Gasteiger partial charge in [0.25, 0.3) is 11.1 Å². The van der Waals surface area contributed by atoms with Crippen molar-refractivity contribution < 1.29 is 23.9 Å². The molecule has 1 saturated heterocycles. The van der Waals surface area contributed by atoms with Crippen LogP contribution in [0.4, 0.5) is 10.5 Å². The molecule has 1 fully saturated rings. The molecule has 4 aromatic carbocycles. The molecule has 6 rings (SSSR count). The van der Waals surface area contributed by atoms with Crippen LogP contribution in [0.25, 0.3) is 27.6 Å². The fraction of sp³-hybridized carbons (Fsp3) is 0.107. The van der Waals surface area contributed by atoms with Gasteiger partial charge in [0.1, 0.15) is 19.8 Å². The Labute approximate surface area is 210 Å². The number of imide groups is 1. The number of benzene rings is 4. The van der Waals surface area contributed by atoms with Gasteiger partial charge in [-0.25, -0.2) is 0 Å². The minimum absolute atomic E-state index is 0.286. The molecule has 0 bridgehead atoms. The molecule has 8 heteroatoms. The van der Waals surface area contributed by atoms with Gasteiger partial charge in [0.15, 0.2) is 11.5 Å². The first-order valence-electron chi connectivity index (χ1n) is 11.4. The lowest BCUT2D eigenvalue weighted by molar-refractivity contribution is -0.127. The van der Waals surface area contributed by atoms with Crippen LogP contribution in [0.1, 0.15) is 5.56 Å². The normalized spacial score (nSPS) is 16.2. The summed E-state index contributed by atoms with van der Waals surface area (Å²) < 4.78 is 11.0. The summed E-state index contributed by atoms with van der Waals surface area (Å²) in [5.41, 5.74) is 1.36. The summed E-state index contributed by atoms with van der Waals surface area (Å²) in [7, 11) is 0. The maximum atomic E-state index is 13.2. The van der Waals surface area contributed by atoms with Crippen LogP contribution in [-0.4, -0.2) is 41.7 Å². The van der Waals surface area contributed by atoms with Crippen LogP contribution in [0.5, 0.6) is 11.5 Å². The van der Waals surface area contributed by atoms with Gasteiger partial charge in [-0.05, 0) is 63.1 Å². The van der Waals surface area contributed by atoms with E-state index in [0.717, 1.165) is 43.8 Å². The van der Waals surface area contributed by atoms with E-state index in [4.69, 9.17) is 9.47 Å². The van der Waals surface area contributed by atoms with Gasteiger partial charge in [-0.15, -0.1) is 0 Å². The first-order chi connectivity index (χ1) is 17.6. The molecule has 4 aromatic rings. The van der Waals surface area contributed by atoms with Crippen LogP contribution in [-0.2, 0) is 9.59 Å². The Kier molecular flexibility index (Phi) is 5.58. The van der Waals surface area contributed by atoms with Crippen molar-refractivity contribution >= 4 is 62.1 Å². The number of nitrogens with one attached hydrogen (secondary N) is 1. The van der Waals surface area contributed by atoms with E-state index in [1.165, 1.54) is 0 Å². The van der Waals surface area contributed by atoms with E-state index in [1.54, 1.807) is 24.3 Å². The summed E-state index contributed by atoms with van der Waals surface area (Å²) in [6, 6.07) is 23.0. The number of anilines is 1. The van der Waals surface area contributed by atoms with Gasteiger partial charge in [-0.1, -0.05) is 48.5 Å². The molecule has 2 aliphatic heterocycles. The standard InChI is InChI=1S/C28H20N2O5S/c31-26(29-19-9-10-23-24(14-19)35-12-11-34-23)16-30-27(32)25(36-28(30)33)15-22-20-7-3-1-5-17(20)13-18-6-2-4-8-21(18)22/h1-10,13-15H,11-12,16H2,(H,29,31). The van der Waals surface area contributed by atoms with Crippen LogP contribution in [0.3, 0.4) is 0 Å². The Morgan fingerprint density at radius 1 is 0.889 bits per heavy atom. The Morgan fingerprint density at radius 2 is 1.56 bits per heavy atom. The van der Waals surface area contributed by atoms with Crippen molar-refractivity contribution in [2.75, 3.05) is 25.1 Å². The van der Waals surface area contributed by atoms with E-state index in [2.05, 4.69) is 11.4 Å². The molecule has 7 nitrogen and oxygen atoms in total. The SMILES string of the molecule is O=C(CN1C(=O)SC(=Cc2c3ccccc3cc3ccccc23)C1=O)Nc1ccc2c(c1)OCCO2. The minimum atomic E-state index is -0.487. The largest absolute Gasteiger partial charge is 0.486 e. The lowest BCUT2D eigenvalue weighted by Crippen LogP contribution is -2.36. The first-order valence-corrected chi connectivity index (χ1v) is 12.2. The number of carbonyl (C=O) groups excluding carboxylic acids is 3. The van der Waals surface area contributed by atoms with Gasteiger partial charge < -0.3 is 14.8 Å². The van der Waals surface area contributed by atoms with Crippen LogP contribution in [0.2, 0.25) is 0 Å². The fourth-order valence-electron chi connectivity index (χ4n) is 4.44. The van der Waals surface area contributed by atoms with E-state index in [1.807, 2.05) is 48.5 Å². The van der Waals surface area contributed by atoms with Crippen LogP contribution in [0, 0.1) is 0 Å². The molecule has 0 aliphatic carbocycles. The molecule has 2 heterocycles. The fourth-order valence-corrected chi connectivity index (χ4v) is 5.26. The number of rotatable bonds is 4. The second-order valence-corrected chi connectivity index (χ2v) is 9.40. The molecule has 0 aromatic heterocycles. The van der Waals surface area contributed by atoms with E-state index < -0.39 is 17.1 Å². The van der Waals surface area contributed by atoms with Crippen molar-refractivity contribution in [3.8, 4) is 11.5 Å². The van der Waals surface area contributed by atoms with E-state index >= 15 is 0 Å². The number of ether oxygens (including phenoxy) is 2. The molecule has 36 heavy (non-hydrogen) atoms. The molecular weight excluding hydrogens is 476 g/mol. The molecule has 0 saturated carbocycles. The molecular formula is C28H20N2O5S. The van der Waals surface area contributed by atoms with Crippen molar-refractivity contribution in [2.45, 2.75) is 0 Å². The Morgan fingerprint density at radius 3 is 2.28 bits per heavy atom. The third-order valence-corrected chi connectivity index (χ3v) is 7.00. The van der Waals surface area contributed by atoms with Crippen molar-refractivity contribution in [1.29, 1.82) is 0 Å². The zero-order valence-electron chi connectivity index (χ0n) is 19.0. The number of amides is 3. The van der Waals surface area contributed by atoms with Gasteiger partial charge in [-0.3, -0.25) is 19.3 Å². The van der Waals surface area contributed by atoms with Gasteiger partial charge in [0.05, 0.1) is 4.91 Å². The summed E-state index contributed by atoms with van der Waals surface area (Å²) in [5, 5.41) is 6.30. The maximum Gasteiger partial charge on any atom is 0.294 e. The predicted molar refractivity (Wildman–Crippen MR) is 140 cm³/mol. The van der Waals surface area contributed by atoms with Crippen LogP contribution in [0.15, 0.2) is 77.7 Å². The lowest BCUT2D eigenvalue weighted by atomic mass is 9.96. The van der Waals surface area contributed by atoms with Gasteiger partial charge >= 0.3 is 0 Å². The second kappa shape index (κ2) is 9.05. The number of hydrogen-bond donors (Lipinski definition) is 1. The highest BCUT2D eigenvalue weighted by atomic mass is 32.2. The van der Waals surface area contributed by atoms with Gasteiger partial charge in [0.2, 0.25) is 5.91 Å². The Bertz CT molecular complexity index is 1540. The molecule has 2 aliphatic rings. The zero-order chi connectivity index (χ0) is 24.6. The molecule has 3 amide bonds. The van der Waals surface area contributed by atoms with Crippen molar-refractivity contribution in [2.24, 2.45) is 0 Å². The molecule has 1 N–H and O–H groups in total. The molecule has 0 atom stereocenters. The number of thioether (sulfide) groups is 1.